The van der Waals surface area contributed by atoms with Crippen LogP contribution in [-0.2, 0) is 10.2 Å². The van der Waals surface area contributed by atoms with Crippen LogP contribution in [0.15, 0.2) is 10.6 Å². The summed E-state index contributed by atoms with van der Waals surface area (Å²) in [5.41, 5.74) is 5.58. The molecule has 1 saturated carbocycles. The van der Waals surface area contributed by atoms with E-state index in [4.69, 9.17) is 15.0 Å². The number of hydrogen-bond acceptors (Lipinski definition) is 4. The van der Waals surface area contributed by atoms with Crippen molar-refractivity contribution in [2.75, 3.05) is 19.5 Å². The average molecular weight is 196 g/mol. The van der Waals surface area contributed by atoms with Gasteiger partial charge in [0.15, 0.2) is 5.82 Å². The summed E-state index contributed by atoms with van der Waals surface area (Å²) in [7, 11) is 1.72. The Morgan fingerprint density at radius 1 is 1.57 bits per heavy atom. The lowest BCUT2D eigenvalue weighted by Gasteiger charge is -2.24. The van der Waals surface area contributed by atoms with E-state index in [1.165, 1.54) is 12.8 Å². The molecule has 0 atom stereocenters. The number of rotatable bonds is 3. The number of nitrogen functional groups attached to an aromatic ring is 1. The molecule has 78 valence electrons. The third-order valence-electron chi connectivity index (χ3n) is 3.03. The van der Waals surface area contributed by atoms with Crippen LogP contribution in [0.1, 0.15) is 31.4 Å². The first-order chi connectivity index (χ1) is 6.77. The predicted molar refractivity (Wildman–Crippen MR) is 52.9 cm³/mol. The average Bonchev–Trinajstić information content (AvgIpc) is 2.75. The van der Waals surface area contributed by atoms with Crippen LogP contribution >= 0.6 is 0 Å². The third-order valence-corrected chi connectivity index (χ3v) is 3.03. The minimum atomic E-state index is 0.0272. The van der Waals surface area contributed by atoms with Gasteiger partial charge >= 0.3 is 0 Å². The Bertz CT molecular complexity index is 303. The number of methoxy groups -OCH3 is 1. The molecule has 1 aliphatic carbocycles. The molecular formula is C10H16N2O2. The maximum atomic E-state index is 5.56. The number of nitrogens with two attached hydrogens (primary N) is 1. The number of hydrogen-bond donors (Lipinski definition) is 1. The quantitative estimate of drug-likeness (QED) is 0.799. The first kappa shape index (κ1) is 9.52. The molecule has 0 amide bonds. The highest BCUT2D eigenvalue weighted by atomic mass is 16.5. The van der Waals surface area contributed by atoms with E-state index >= 15 is 0 Å². The molecule has 1 heterocycles. The zero-order chi connectivity index (χ0) is 10.0. The van der Waals surface area contributed by atoms with Crippen LogP contribution in [0.5, 0.6) is 0 Å². The first-order valence-corrected chi connectivity index (χ1v) is 4.98. The van der Waals surface area contributed by atoms with Crippen LogP contribution in [0, 0.1) is 0 Å². The summed E-state index contributed by atoms with van der Waals surface area (Å²) >= 11 is 0. The second-order valence-electron chi connectivity index (χ2n) is 4.04. The van der Waals surface area contributed by atoms with E-state index < -0.39 is 0 Å². The van der Waals surface area contributed by atoms with Crippen molar-refractivity contribution in [2.45, 2.75) is 31.1 Å². The Labute approximate surface area is 83.4 Å². The SMILES string of the molecule is COCC1(c2cc(N)no2)CCCC1. The summed E-state index contributed by atoms with van der Waals surface area (Å²) in [4.78, 5) is 0. The lowest BCUT2D eigenvalue weighted by Crippen LogP contribution is -2.27. The van der Waals surface area contributed by atoms with Gasteiger partial charge in [0.1, 0.15) is 5.76 Å². The van der Waals surface area contributed by atoms with Gasteiger partial charge in [0.05, 0.1) is 12.0 Å². The molecular weight excluding hydrogens is 180 g/mol. The van der Waals surface area contributed by atoms with Gasteiger partial charge in [-0.15, -0.1) is 0 Å². The smallest absolute Gasteiger partial charge is 0.167 e. The predicted octanol–water partition coefficient (Wildman–Crippen LogP) is 1.72. The van der Waals surface area contributed by atoms with Crippen molar-refractivity contribution >= 4 is 5.82 Å². The molecule has 0 aromatic carbocycles. The molecule has 0 unspecified atom stereocenters. The van der Waals surface area contributed by atoms with Gasteiger partial charge in [0.2, 0.25) is 0 Å². The Morgan fingerprint density at radius 2 is 2.29 bits per heavy atom. The zero-order valence-electron chi connectivity index (χ0n) is 8.45. The van der Waals surface area contributed by atoms with Crippen molar-refractivity contribution in [1.29, 1.82) is 0 Å². The van der Waals surface area contributed by atoms with E-state index in [2.05, 4.69) is 5.16 Å². The maximum Gasteiger partial charge on any atom is 0.167 e. The summed E-state index contributed by atoms with van der Waals surface area (Å²) in [5, 5.41) is 3.74. The minimum Gasteiger partial charge on any atom is -0.384 e. The zero-order valence-corrected chi connectivity index (χ0v) is 8.45. The summed E-state index contributed by atoms with van der Waals surface area (Å²) in [6.07, 6.45) is 4.67. The Morgan fingerprint density at radius 3 is 2.79 bits per heavy atom. The van der Waals surface area contributed by atoms with E-state index in [1.807, 2.05) is 6.07 Å². The van der Waals surface area contributed by atoms with Gasteiger partial charge in [-0.05, 0) is 12.8 Å². The van der Waals surface area contributed by atoms with Crippen molar-refractivity contribution in [1.82, 2.24) is 5.16 Å². The van der Waals surface area contributed by atoms with E-state index in [0.29, 0.717) is 12.4 Å². The number of anilines is 1. The second kappa shape index (κ2) is 3.61. The second-order valence-corrected chi connectivity index (χ2v) is 4.04. The molecule has 0 spiro atoms. The van der Waals surface area contributed by atoms with Gasteiger partial charge in [0, 0.05) is 13.2 Å². The van der Waals surface area contributed by atoms with Crippen LogP contribution in [0.3, 0.4) is 0 Å². The molecule has 0 radical (unpaired) electrons. The maximum absolute atomic E-state index is 5.56. The van der Waals surface area contributed by atoms with Crippen molar-refractivity contribution in [3.63, 3.8) is 0 Å². The van der Waals surface area contributed by atoms with Gasteiger partial charge in [0.25, 0.3) is 0 Å². The van der Waals surface area contributed by atoms with Crippen LogP contribution in [-0.4, -0.2) is 18.9 Å². The lowest BCUT2D eigenvalue weighted by molar-refractivity contribution is 0.113. The molecule has 14 heavy (non-hydrogen) atoms. The fraction of sp³-hybridized carbons (Fsp3) is 0.700. The molecule has 1 fully saturated rings. The molecule has 4 nitrogen and oxygen atoms in total. The van der Waals surface area contributed by atoms with Crippen molar-refractivity contribution in [2.24, 2.45) is 0 Å². The molecule has 2 N–H and O–H groups in total. The van der Waals surface area contributed by atoms with Crippen molar-refractivity contribution in [3.05, 3.63) is 11.8 Å². The largest absolute Gasteiger partial charge is 0.384 e. The van der Waals surface area contributed by atoms with Crippen molar-refractivity contribution in [3.8, 4) is 0 Å². The Kier molecular flexibility index (Phi) is 2.46. The van der Waals surface area contributed by atoms with Gasteiger partial charge in [-0.1, -0.05) is 18.0 Å². The summed E-state index contributed by atoms with van der Waals surface area (Å²) < 4.78 is 10.5. The molecule has 4 heteroatoms. The number of ether oxygens (including phenoxy) is 1. The molecule has 0 saturated heterocycles. The van der Waals surface area contributed by atoms with Crippen LogP contribution in [0.2, 0.25) is 0 Å². The molecule has 0 bridgehead atoms. The highest BCUT2D eigenvalue weighted by Gasteiger charge is 2.39. The first-order valence-electron chi connectivity index (χ1n) is 4.98. The van der Waals surface area contributed by atoms with Gasteiger partial charge < -0.3 is 15.0 Å². The molecule has 1 aromatic rings. The van der Waals surface area contributed by atoms with E-state index in [-0.39, 0.29) is 5.41 Å². The highest BCUT2D eigenvalue weighted by Crippen LogP contribution is 2.41. The number of nitrogens with zero attached hydrogens (tertiary/aromatic N) is 1. The van der Waals surface area contributed by atoms with Gasteiger partial charge in [-0.3, -0.25) is 0 Å². The summed E-state index contributed by atoms with van der Waals surface area (Å²) in [6.45, 7) is 0.696. The molecule has 2 rings (SSSR count). The molecule has 1 aromatic heterocycles. The summed E-state index contributed by atoms with van der Waals surface area (Å²) in [5.74, 6) is 1.34. The molecule has 0 aliphatic heterocycles. The highest BCUT2D eigenvalue weighted by molar-refractivity contribution is 5.31. The topological polar surface area (TPSA) is 61.3 Å². The monoisotopic (exact) mass is 196 g/mol. The fourth-order valence-electron chi connectivity index (χ4n) is 2.33. The standard InChI is InChI=1S/C10H16N2O2/c1-13-7-10(4-2-3-5-10)8-6-9(11)12-14-8/h6H,2-5,7H2,1H3,(H2,11,12). The van der Waals surface area contributed by atoms with Gasteiger partial charge in [-0.25, -0.2) is 0 Å². The third kappa shape index (κ3) is 1.50. The Hall–Kier alpha value is -1.03. The fourth-order valence-corrected chi connectivity index (χ4v) is 2.33. The van der Waals surface area contributed by atoms with E-state index in [0.717, 1.165) is 18.6 Å². The van der Waals surface area contributed by atoms with Crippen LogP contribution < -0.4 is 5.73 Å². The van der Waals surface area contributed by atoms with E-state index in [1.54, 1.807) is 7.11 Å². The van der Waals surface area contributed by atoms with Crippen molar-refractivity contribution < 1.29 is 9.26 Å². The normalized spacial score (nSPS) is 20.1. The molecule has 1 aliphatic rings. The summed E-state index contributed by atoms with van der Waals surface area (Å²) in [6, 6.07) is 1.82. The van der Waals surface area contributed by atoms with Crippen LogP contribution in [0.25, 0.3) is 0 Å². The lowest BCUT2D eigenvalue weighted by atomic mass is 9.84. The number of aromatic nitrogens is 1. The minimum absolute atomic E-state index is 0.0272. The van der Waals surface area contributed by atoms with E-state index in [9.17, 15) is 0 Å². The van der Waals surface area contributed by atoms with Crippen LogP contribution in [0.4, 0.5) is 5.82 Å². The Balaban J connectivity index is 2.26. The van der Waals surface area contributed by atoms with Gasteiger partial charge in [-0.2, -0.15) is 0 Å².